The number of nitrogens with zero attached hydrogens (tertiary/aromatic N) is 3. The minimum Gasteiger partial charge on any atom is -0.356 e. The van der Waals surface area contributed by atoms with Crippen molar-refractivity contribution in [2.45, 2.75) is 19.5 Å². The number of aromatic nitrogens is 2. The van der Waals surface area contributed by atoms with E-state index in [1.165, 1.54) is 17.2 Å². The van der Waals surface area contributed by atoms with E-state index in [1.54, 1.807) is 25.4 Å². The number of guanidine groups is 1. The average molecular weight is 493 g/mol. The minimum atomic E-state index is -0.205. The third-order valence-corrected chi connectivity index (χ3v) is 4.27. The number of halogens is 2. The predicted octanol–water partition coefficient (Wildman–Crippen LogP) is 3.60. The Labute approximate surface area is 182 Å². The molecule has 1 heterocycles. The lowest BCUT2D eigenvalue weighted by molar-refractivity contribution is 0.625. The van der Waals surface area contributed by atoms with Crippen LogP contribution in [0.3, 0.4) is 0 Å². The van der Waals surface area contributed by atoms with Gasteiger partial charge in [-0.05, 0) is 41.3 Å². The Morgan fingerprint density at radius 2 is 1.89 bits per heavy atom. The zero-order valence-corrected chi connectivity index (χ0v) is 18.1. The van der Waals surface area contributed by atoms with Gasteiger partial charge < -0.3 is 10.6 Å². The molecule has 2 aromatic carbocycles. The summed E-state index contributed by atoms with van der Waals surface area (Å²) in [7, 11) is 1.74. The predicted molar refractivity (Wildman–Crippen MR) is 121 cm³/mol. The molecule has 0 unspecified atom stereocenters. The first-order valence-electron chi connectivity index (χ1n) is 8.98. The van der Waals surface area contributed by atoms with Gasteiger partial charge in [-0.25, -0.2) is 4.39 Å². The molecular formula is C21H25FIN5. The molecule has 1 aromatic heterocycles. The molecule has 0 aliphatic heterocycles. The van der Waals surface area contributed by atoms with E-state index >= 15 is 0 Å². The van der Waals surface area contributed by atoms with Crippen molar-refractivity contribution in [2.75, 3.05) is 13.6 Å². The molecule has 0 radical (unpaired) electrons. The average Bonchev–Trinajstić information content (AvgIpc) is 3.19. The number of nitrogens with one attached hydrogen (secondary N) is 2. The van der Waals surface area contributed by atoms with E-state index in [-0.39, 0.29) is 29.8 Å². The van der Waals surface area contributed by atoms with Crippen molar-refractivity contribution in [1.82, 2.24) is 20.4 Å². The number of hydrogen-bond donors (Lipinski definition) is 2. The summed E-state index contributed by atoms with van der Waals surface area (Å²) >= 11 is 0. The number of hydrogen-bond acceptors (Lipinski definition) is 2. The van der Waals surface area contributed by atoms with Gasteiger partial charge in [-0.1, -0.05) is 36.4 Å². The van der Waals surface area contributed by atoms with Crippen molar-refractivity contribution in [1.29, 1.82) is 0 Å². The molecule has 0 saturated carbocycles. The van der Waals surface area contributed by atoms with Gasteiger partial charge in [0.1, 0.15) is 5.82 Å². The van der Waals surface area contributed by atoms with Crippen molar-refractivity contribution in [3.05, 3.63) is 89.5 Å². The Bertz CT molecular complexity index is 880. The first-order chi connectivity index (χ1) is 13.2. The molecule has 3 rings (SSSR count). The molecule has 0 atom stereocenters. The Hall–Kier alpha value is -2.42. The highest BCUT2D eigenvalue weighted by Gasteiger charge is 2.05. The summed E-state index contributed by atoms with van der Waals surface area (Å²) < 4.78 is 15.1. The molecule has 5 nitrogen and oxygen atoms in total. The largest absolute Gasteiger partial charge is 0.356 e. The Morgan fingerprint density at radius 1 is 1.07 bits per heavy atom. The first kappa shape index (κ1) is 21.9. The highest BCUT2D eigenvalue weighted by Crippen LogP contribution is 2.10. The molecule has 0 aliphatic rings. The highest BCUT2D eigenvalue weighted by atomic mass is 127. The van der Waals surface area contributed by atoms with Crippen molar-refractivity contribution >= 4 is 29.9 Å². The zero-order valence-electron chi connectivity index (χ0n) is 15.8. The molecule has 0 saturated heterocycles. The molecule has 28 heavy (non-hydrogen) atoms. The van der Waals surface area contributed by atoms with E-state index in [2.05, 4.69) is 32.9 Å². The summed E-state index contributed by atoms with van der Waals surface area (Å²) in [5.74, 6) is 0.518. The number of aliphatic imine (C=N–C) groups is 1. The molecule has 3 aromatic rings. The van der Waals surface area contributed by atoms with Crippen LogP contribution in [0.2, 0.25) is 0 Å². The first-order valence-corrected chi connectivity index (χ1v) is 8.98. The normalized spacial score (nSPS) is 11.0. The topological polar surface area (TPSA) is 54.2 Å². The summed E-state index contributed by atoms with van der Waals surface area (Å²) in [5, 5.41) is 10.9. The highest BCUT2D eigenvalue weighted by molar-refractivity contribution is 14.0. The molecular weight excluding hydrogens is 468 g/mol. The summed E-state index contributed by atoms with van der Waals surface area (Å²) in [6.07, 6.45) is 4.47. The second-order valence-electron chi connectivity index (χ2n) is 6.20. The van der Waals surface area contributed by atoms with Crippen LogP contribution in [0.5, 0.6) is 0 Å². The molecule has 0 spiro atoms. The van der Waals surface area contributed by atoms with Crippen LogP contribution in [0.25, 0.3) is 0 Å². The van der Waals surface area contributed by atoms with Gasteiger partial charge in [0.05, 0.1) is 6.54 Å². The second kappa shape index (κ2) is 11.4. The standard InChI is InChI=1S/C21H24FN5.HI/c1-23-21(24-12-10-17-6-4-9-20(22)14-17)25-15-18-7-2-3-8-19(18)16-27-13-5-11-26-27;/h2-9,11,13-14H,10,12,15-16H2,1H3,(H2,23,24,25);1H. The van der Waals surface area contributed by atoms with Crippen molar-refractivity contribution in [2.24, 2.45) is 4.99 Å². The summed E-state index contributed by atoms with van der Waals surface area (Å²) in [4.78, 5) is 4.26. The van der Waals surface area contributed by atoms with Crippen LogP contribution in [0, 0.1) is 5.82 Å². The number of benzene rings is 2. The molecule has 0 bridgehead atoms. The molecule has 0 fully saturated rings. The lowest BCUT2D eigenvalue weighted by Crippen LogP contribution is -2.38. The van der Waals surface area contributed by atoms with Gasteiger partial charge in [0.25, 0.3) is 0 Å². The molecule has 0 amide bonds. The minimum absolute atomic E-state index is 0. The number of rotatable bonds is 7. The van der Waals surface area contributed by atoms with Gasteiger partial charge in [0, 0.05) is 32.5 Å². The molecule has 7 heteroatoms. The van der Waals surface area contributed by atoms with Crippen molar-refractivity contribution in [3.63, 3.8) is 0 Å². The fraction of sp³-hybridized carbons (Fsp3) is 0.238. The summed E-state index contributed by atoms with van der Waals surface area (Å²) in [6, 6.07) is 16.9. The van der Waals surface area contributed by atoms with Crippen LogP contribution in [0.15, 0.2) is 72.0 Å². The summed E-state index contributed by atoms with van der Waals surface area (Å²) in [6.45, 7) is 2.07. The lowest BCUT2D eigenvalue weighted by atomic mass is 10.1. The van der Waals surface area contributed by atoms with E-state index in [1.807, 2.05) is 35.1 Å². The summed E-state index contributed by atoms with van der Waals surface area (Å²) in [5.41, 5.74) is 3.37. The second-order valence-corrected chi connectivity index (χ2v) is 6.20. The maximum absolute atomic E-state index is 13.2. The lowest BCUT2D eigenvalue weighted by Gasteiger charge is -2.14. The van der Waals surface area contributed by atoms with Crippen molar-refractivity contribution < 1.29 is 4.39 Å². The van der Waals surface area contributed by atoms with Gasteiger partial charge in [0.15, 0.2) is 5.96 Å². The van der Waals surface area contributed by atoms with Gasteiger partial charge >= 0.3 is 0 Å². The van der Waals surface area contributed by atoms with Crippen LogP contribution < -0.4 is 10.6 Å². The maximum atomic E-state index is 13.2. The maximum Gasteiger partial charge on any atom is 0.191 e. The quantitative estimate of drug-likeness (QED) is 0.301. The SMILES string of the molecule is CN=C(NCCc1cccc(F)c1)NCc1ccccc1Cn1cccn1.I. The van der Waals surface area contributed by atoms with E-state index in [9.17, 15) is 4.39 Å². The fourth-order valence-electron chi connectivity index (χ4n) is 2.87. The van der Waals surface area contributed by atoms with Gasteiger partial charge in [-0.3, -0.25) is 9.67 Å². The van der Waals surface area contributed by atoms with Crippen molar-refractivity contribution in [3.8, 4) is 0 Å². The van der Waals surface area contributed by atoms with Gasteiger partial charge in [-0.2, -0.15) is 5.10 Å². The molecule has 0 aliphatic carbocycles. The third-order valence-electron chi connectivity index (χ3n) is 4.27. The van der Waals surface area contributed by atoms with Crippen LogP contribution >= 0.6 is 24.0 Å². The van der Waals surface area contributed by atoms with E-state index in [0.717, 1.165) is 24.5 Å². The fourth-order valence-corrected chi connectivity index (χ4v) is 2.87. The van der Waals surface area contributed by atoms with E-state index in [4.69, 9.17) is 0 Å². The van der Waals surface area contributed by atoms with E-state index in [0.29, 0.717) is 13.1 Å². The molecule has 2 N–H and O–H groups in total. The zero-order chi connectivity index (χ0) is 18.9. The smallest absolute Gasteiger partial charge is 0.191 e. The Kier molecular flexibility index (Phi) is 8.93. The monoisotopic (exact) mass is 493 g/mol. The Balaban J connectivity index is 0.00000280. The van der Waals surface area contributed by atoms with Crippen LogP contribution in [-0.4, -0.2) is 29.3 Å². The van der Waals surface area contributed by atoms with Gasteiger partial charge in [0.2, 0.25) is 0 Å². The van der Waals surface area contributed by atoms with Gasteiger partial charge in [-0.15, -0.1) is 24.0 Å². The van der Waals surface area contributed by atoms with Crippen LogP contribution in [-0.2, 0) is 19.5 Å². The third kappa shape index (κ3) is 6.63. The van der Waals surface area contributed by atoms with Crippen LogP contribution in [0.4, 0.5) is 4.39 Å². The molecule has 148 valence electrons. The van der Waals surface area contributed by atoms with Crippen LogP contribution in [0.1, 0.15) is 16.7 Å². The Morgan fingerprint density at radius 3 is 2.61 bits per heavy atom. The van der Waals surface area contributed by atoms with E-state index < -0.39 is 0 Å².